The molecule has 1 heterocycles. The minimum atomic E-state index is -1.02. The van der Waals surface area contributed by atoms with E-state index in [1.165, 1.54) is 12.3 Å². The van der Waals surface area contributed by atoms with Gasteiger partial charge in [0, 0.05) is 18.8 Å². The van der Waals surface area contributed by atoms with Crippen LogP contribution in [0.3, 0.4) is 0 Å². The van der Waals surface area contributed by atoms with Crippen LogP contribution in [-0.4, -0.2) is 28.5 Å². The lowest BCUT2D eigenvalue weighted by Gasteiger charge is -2.06. The zero-order valence-electron chi connectivity index (χ0n) is 11.8. The number of nitrogens with zero attached hydrogens (tertiary/aromatic N) is 1. The van der Waals surface area contributed by atoms with Gasteiger partial charge in [-0.3, -0.25) is 9.78 Å². The molecule has 0 unspecified atom stereocenters. The van der Waals surface area contributed by atoms with E-state index in [0.717, 1.165) is 18.9 Å². The van der Waals surface area contributed by atoms with E-state index in [0.29, 0.717) is 23.7 Å². The topological polar surface area (TPSA) is 79.3 Å². The number of carboxylic acids is 1. The van der Waals surface area contributed by atoms with Crippen LogP contribution in [0.4, 0.5) is 0 Å². The van der Waals surface area contributed by atoms with Gasteiger partial charge in [-0.2, -0.15) is 0 Å². The Kier molecular flexibility index (Phi) is 6.43. The maximum atomic E-state index is 11.8. The minimum Gasteiger partial charge on any atom is -0.478 e. The predicted molar refractivity (Wildman–Crippen MR) is 77.3 cm³/mol. The molecule has 0 spiro atoms. The summed E-state index contributed by atoms with van der Waals surface area (Å²) < 4.78 is 0. The summed E-state index contributed by atoms with van der Waals surface area (Å²) in [7, 11) is 0. The molecule has 0 aliphatic heterocycles. The van der Waals surface area contributed by atoms with E-state index < -0.39 is 5.97 Å². The standard InChI is InChI=1S/C15H20N2O3/c1-11(2)4-3-9-16-15(20)13-7-5-12(10-17-13)6-8-14(18)19/h5-8,10-11H,3-4,9H2,1-2H3,(H,16,20)(H,18,19). The first-order valence-electron chi connectivity index (χ1n) is 6.64. The maximum Gasteiger partial charge on any atom is 0.328 e. The van der Waals surface area contributed by atoms with Crippen molar-refractivity contribution in [2.45, 2.75) is 26.7 Å². The monoisotopic (exact) mass is 276 g/mol. The van der Waals surface area contributed by atoms with Gasteiger partial charge in [-0.15, -0.1) is 0 Å². The van der Waals surface area contributed by atoms with Crippen molar-refractivity contribution in [3.05, 3.63) is 35.7 Å². The van der Waals surface area contributed by atoms with Gasteiger partial charge in [0.05, 0.1) is 0 Å². The third-order valence-corrected chi connectivity index (χ3v) is 2.68. The minimum absolute atomic E-state index is 0.206. The van der Waals surface area contributed by atoms with Gasteiger partial charge in [0.15, 0.2) is 0 Å². The molecule has 0 fully saturated rings. The molecule has 0 atom stereocenters. The van der Waals surface area contributed by atoms with Gasteiger partial charge in [-0.25, -0.2) is 4.79 Å². The molecule has 1 amide bonds. The molecular formula is C15H20N2O3. The number of carboxylic acid groups (broad SMARTS) is 1. The van der Waals surface area contributed by atoms with Crippen LogP contribution in [0.15, 0.2) is 24.4 Å². The van der Waals surface area contributed by atoms with Crippen LogP contribution in [0.2, 0.25) is 0 Å². The molecule has 0 saturated heterocycles. The van der Waals surface area contributed by atoms with Crippen LogP contribution in [0, 0.1) is 5.92 Å². The van der Waals surface area contributed by atoms with E-state index in [9.17, 15) is 9.59 Å². The molecule has 108 valence electrons. The molecule has 1 aromatic rings. The second kappa shape index (κ2) is 8.09. The number of hydrogen-bond acceptors (Lipinski definition) is 3. The maximum absolute atomic E-state index is 11.8. The molecule has 1 aromatic heterocycles. The Bertz CT molecular complexity index is 478. The lowest BCUT2D eigenvalue weighted by Crippen LogP contribution is -2.25. The quantitative estimate of drug-likeness (QED) is 0.592. The van der Waals surface area contributed by atoms with Crippen LogP contribution in [0.1, 0.15) is 42.7 Å². The number of aliphatic carboxylic acids is 1. The number of amides is 1. The van der Waals surface area contributed by atoms with E-state index in [-0.39, 0.29) is 5.91 Å². The number of hydrogen-bond donors (Lipinski definition) is 2. The fourth-order valence-corrected chi connectivity index (χ4v) is 1.61. The first kappa shape index (κ1) is 15.9. The highest BCUT2D eigenvalue weighted by Gasteiger charge is 2.06. The molecule has 5 heteroatoms. The van der Waals surface area contributed by atoms with E-state index in [1.807, 2.05) is 0 Å². The van der Waals surface area contributed by atoms with Gasteiger partial charge in [-0.05, 0) is 36.5 Å². The van der Waals surface area contributed by atoms with E-state index in [2.05, 4.69) is 24.1 Å². The SMILES string of the molecule is CC(C)CCCNC(=O)c1ccc(C=CC(=O)O)cn1. The van der Waals surface area contributed by atoms with Crippen LogP contribution < -0.4 is 5.32 Å². The summed E-state index contributed by atoms with van der Waals surface area (Å²) in [5, 5.41) is 11.3. The second-order valence-corrected chi connectivity index (χ2v) is 4.94. The van der Waals surface area contributed by atoms with Gasteiger partial charge in [0.1, 0.15) is 5.69 Å². The number of carbonyl (C=O) groups is 2. The Balaban J connectivity index is 2.47. The Morgan fingerprint density at radius 2 is 2.15 bits per heavy atom. The zero-order valence-corrected chi connectivity index (χ0v) is 11.8. The molecule has 0 radical (unpaired) electrons. The highest BCUT2D eigenvalue weighted by Crippen LogP contribution is 2.04. The van der Waals surface area contributed by atoms with Crippen molar-refractivity contribution in [3.63, 3.8) is 0 Å². The summed E-state index contributed by atoms with van der Waals surface area (Å²) in [6.07, 6.45) is 5.96. The third kappa shape index (κ3) is 6.13. The predicted octanol–water partition coefficient (Wildman–Crippen LogP) is 2.35. The molecule has 0 saturated carbocycles. The summed E-state index contributed by atoms with van der Waals surface area (Å²) in [5.41, 5.74) is 0.978. The van der Waals surface area contributed by atoms with Gasteiger partial charge in [0.2, 0.25) is 0 Å². The van der Waals surface area contributed by atoms with E-state index in [4.69, 9.17) is 5.11 Å². The third-order valence-electron chi connectivity index (χ3n) is 2.68. The molecule has 2 N–H and O–H groups in total. The summed E-state index contributed by atoms with van der Waals surface area (Å²) >= 11 is 0. The molecule has 0 aromatic carbocycles. The first-order valence-corrected chi connectivity index (χ1v) is 6.64. The summed E-state index contributed by atoms with van der Waals surface area (Å²) in [4.78, 5) is 26.2. The van der Waals surface area contributed by atoms with E-state index in [1.54, 1.807) is 12.1 Å². The highest BCUT2D eigenvalue weighted by molar-refractivity contribution is 5.92. The Labute approximate surface area is 118 Å². The average Bonchev–Trinajstić information content (AvgIpc) is 2.41. The normalized spacial score (nSPS) is 10.9. The molecule has 0 aliphatic carbocycles. The first-order chi connectivity index (χ1) is 9.49. The fraction of sp³-hybridized carbons (Fsp3) is 0.400. The van der Waals surface area contributed by atoms with Crippen molar-refractivity contribution in [3.8, 4) is 0 Å². The lowest BCUT2D eigenvalue weighted by molar-refractivity contribution is -0.131. The van der Waals surface area contributed by atoms with Gasteiger partial charge < -0.3 is 10.4 Å². The summed E-state index contributed by atoms with van der Waals surface area (Å²) in [6, 6.07) is 3.24. The zero-order chi connectivity index (χ0) is 15.0. The van der Waals surface area contributed by atoms with Crippen LogP contribution in [0.25, 0.3) is 6.08 Å². The lowest BCUT2D eigenvalue weighted by atomic mass is 10.1. The average molecular weight is 276 g/mol. The number of aromatic nitrogens is 1. The van der Waals surface area contributed by atoms with Crippen LogP contribution in [0.5, 0.6) is 0 Å². The van der Waals surface area contributed by atoms with Crippen molar-refractivity contribution in [2.75, 3.05) is 6.54 Å². The van der Waals surface area contributed by atoms with E-state index >= 15 is 0 Å². The second-order valence-electron chi connectivity index (χ2n) is 4.94. The Morgan fingerprint density at radius 1 is 1.40 bits per heavy atom. The van der Waals surface area contributed by atoms with Gasteiger partial charge in [0.25, 0.3) is 5.91 Å². The Morgan fingerprint density at radius 3 is 2.70 bits per heavy atom. The summed E-state index contributed by atoms with van der Waals surface area (Å²) in [6.45, 7) is 4.93. The van der Waals surface area contributed by atoms with Gasteiger partial charge in [-0.1, -0.05) is 19.9 Å². The van der Waals surface area contributed by atoms with Crippen molar-refractivity contribution >= 4 is 18.0 Å². The summed E-state index contributed by atoms with van der Waals surface area (Å²) in [5.74, 6) is -0.593. The smallest absolute Gasteiger partial charge is 0.328 e. The molecule has 20 heavy (non-hydrogen) atoms. The number of rotatable bonds is 7. The van der Waals surface area contributed by atoms with Gasteiger partial charge >= 0.3 is 5.97 Å². The molecule has 5 nitrogen and oxygen atoms in total. The molecule has 0 bridgehead atoms. The molecular weight excluding hydrogens is 256 g/mol. The van der Waals surface area contributed by atoms with Crippen LogP contribution in [-0.2, 0) is 4.79 Å². The molecule has 1 rings (SSSR count). The van der Waals surface area contributed by atoms with Crippen molar-refractivity contribution in [1.29, 1.82) is 0 Å². The number of pyridine rings is 1. The van der Waals surface area contributed by atoms with Crippen molar-refractivity contribution in [1.82, 2.24) is 10.3 Å². The highest BCUT2D eigenvalue weighted by atomic mass is 16.4. The van der Waals surface area contributed by atoms with Crippen molar-refractivity contribution < 1.29 is 14.7 Å². The largest absolute Gasteiger partial charge is 0.478 e. The fourth-order valence-electron chi connectivity index (χ4n) is 1.61. The van der Waals surface area contributed by atoms with Crippen LogP contribution >= 0.6 is 0 Å². The Hall–Kier alpha value is -2.17. The number of nitrogens with one attached hydrogen (secondary N) is 1. The van der Waals surface area contributed by atoms with Crippen molar-refractivity contribution in [2.24, 2.45) is 5.92 Å². The number of carbonyl (C=O) groups excluding carboxylic acids is 1. The molecule has 0 aliphatic rings.